The van der Waals surface area contributed by atoms with Gasteiger partial charge in [0.1, 0.15) is 17.7 Å². The summed E-state index contributed by atoms with van der Waals surface area (Å²) in [5, 5.41) is 5.51. The molecule has 0 aliphatic carbocycles. The summed E-state index contributed by atoms with van der Waals surface area (Å²) in [7, 11) is 1.49. The zero-order chi connectivity index (χ0) is 25.8. The lowest BCUT2D eigenvalue weighted by Gasteiger charge is -2.31. The van der Waals surface area contributed by atoms with Crippen LogP contribution in [-0.4, -0.2) is 47.9 Å². The Balaban J connectivity index is 1.77. The second kappa shape index (κ2) is 13.7. The van der Waals surface area contributed by atoms with Crippen molar-refractivity contribution in [3.05, 3.63) is 95.9 Å². The summed E-state index contributed by atoms with van der Waals surface area (Å²) < 4.78 is 18.8. The van der Waals surface area contributed by atoms with Gasteiger partial charge in [-0.1, -0.05) is 48.5 Å². The Hall–Kier alpha value is -4.11. The van der Waals surface area contributed by atoms with Crippen molar-refractivity contribution >= 4 is 23.5 Å². The third-order valence-corrected chi connectivity index (χ3v) is 5.41. The molecular weight excluding hydrogens is 463 g/mol. The monoisotopic (exact) mass is 492 g/mol. The molecule has 0 bridgehead atoms. The zero-order valence-electron chi connectivity index (χ0n) is 20.0. The molecule has 0 spiro atoms. The number of amides is 3. The maximum absolute atomic E-state index is 13.6. The number of aromatic nitrogens is 1. The van der Waals surface area contributed by atoms with Crippen LogP contribution in [0.3, 0.4) is 0 Å². The number of benzene rings is 2. The first kappa shape index (κ1) is 26.5. The summed E-state index contributed by atoms with van der Waals surface area (Å²) in [6.45, 7) is 0.545. The topological polar surface area (TPSA) is 101 Å². The van der Waals surface area contributed by atoms with Crippen molar-refractivity contribution in [1.82, 2.24) is 15.2 Å². The lowest BCUT2D eigenvalue weighted by molar-refractivity contribution is -0.142. The van der Waals surface area contributed by atoms with Gasteiger partial charge in [0.25, 0.3) is 0 Å². The highest BCUT2D eigenvalue weighted by molar-refractivity contribution is 5.94. The van der Waals surface area contributed by atoms with Crippen LogP contribution >= 0.6 is 0 Å². The highest BCUT2D eigenvalue weighted by Gasteiger charge is 2.31. The van der Waals surface area contributed by atoms with E-state index in [9.17, 15) is 18.8 Å². The van der Waals surface area contributed by atoms with Gasteiger partial charge in [-0.15, -0.1) is 0 Å². The summed E-state index contributed by atoms with van der Waals surface area (Å²) >= 11 is 0. The van der Waals surface area contributed by atoms with Crippen molar-refractivity contribution in [3.63, 3.8) is 0 Å². The van der Waals surface area contributed by atoms with E-state index < -0.39 is 23.7 Å². The summed E-state index contributed by atoms with van der Waals surface area (Å²) in [5.41, 5.74) is 1.34. The quantitative estimate of drug-likeness (QED) is 0.403. The third kappa shape index (κ3) is 7.99. The van der Waals surface area contributed by atoms with Gasteiger partial charge in [0, 0.05) is 39.2 Å². The molecule has 0 saturated carbocycles. The fourth-order valence-corrected chi connectivity index (χ4v) is 3.59. The molecule has 3 aromatic rings. The number of methoxy groups -OCH3 is 1. The van der Waals surface area contributed by atoms with Crippen LogP contribution in [0.4, 0.5) is 10.2 Å². The molecule has 1 atom stereocenters. The van der Waals surface area contributed by atoms with Crippen molar-refractivity contribution in [2.45, 2.75) is 25.4 Å². The van der Waals surface area contributed by atoms with E-state index in [0.29, 0.717) is 11.4 Å². The number of nitrogens with zero attached hydrogens (tertiary/aromatic N) is 2. The number of pyridine rings is 1. The van der Waals surface area contributed by atoms with E-state index in [1.54, 1.807) is 24.4 Å². The molecule has 188 valence electrons. The molecule has 8 nitrogen and oxygen atoms in total. The summed E-state index contributed by atoms with van der Waals surface area (Å²) in [6, 6.07) is 18.9. The van der Waals surface area contributed by atoms with Crippen LogP contribution in [0.2, 0.25) is 0 Å². The van der Waals surface area contributed by atoms with E-state index in [4.69, 9.17) is 4.74 Å². The molecule has 1 aromatic heterocycles. The summed E-state index contributed by atoms with van der Waals surface area (Å²) in [5.74, 6) is -1.28. The molecule has 3 rings (SSSR count). The molecule has 0 fully saturated rings. The van der Waals surface area contributed by atoms with Crippen molar-refractivity contribution in [2.75, 3.05) is 25.6 Å². The summed E-state index contributed by atoms with van der Waals surface area (Å²) in [4.78, 5) is 44.4. The number of anilines is 1. The van der Waals surface area contributed by atoms with E-state index in [1.165, 1.54) is 36.3 Å². The minimum absolute atomic E-state index is 0.0966. The summed E-state index contributed by atoms with van der Waals surface area (Å²) in [6.07, 6.45) is 1.32. The van der Waals surface area contributed by atoms with Crippen molar-refractivity contribution in [3.8, 4) is 0 Å². The molecule has 3 amide bonds. The van der Waals surface area contributed by atoms with Crippen LogP contribution in [-0.2, 0) is 25.7 Å². The van der Waals surface area contributed by atoms with E-state index >= 15 is 0 Å². The minimum Gasteiger partial charge on any atom is -0.383 e. The second-order valence-corrected chi connectivity index (χ2v) is 8.00. The maximum atomic E-state index is 13.6. The fraction of sp³-hybridized carbons (Fsp3) is 0.259. The number of nitrogens with one attached hydrogen (secondary N) is 2. The second-order valence-electron chi connectivity index (χ2n) is 8.00. The molecule has 0 radical (unpaired) electrons. The number of halogens is 1. The molecule has 9 heteroatoms. The number of hydrogen-bond acceptors (Lipinski definition) is 5. The third-order valence-electron chi connectivity index (χ3n) is 5.41. The highest BCUT2D eigenvalue weighted by atomic mass is 19.1. The molecule has 36 heavy (non-hydrogen) atoms. The van der Waals surface area contributed by atoms with Crippen LogP contribution in [0.25, 0.3) is 0 Å². The molecule has 0 unspecified atom stereocenters. The Bertz CT molecular complexity index is 1130. The first-order chi connectivity index (χ1) is 17.5. The number of hydrogen-bond donors (Lipinski definition) is 2. The van der Waals surface area contributed by atoms with Gasteiger partial charge >= 0.3 is 0 Å². The smallest absolute Gasteiger partial charge is 0.247 e. The fourth-order valence-electron chi connectivity index (χ4n) is 3.59. The zero-order valence-corrected chi connectivity index (χ0v) is 20.0. The molecular formula is C27H29FN4O4. The normalized spacial score (nSPS) is 11.4. The predicted octanol–water partition coefficient (Wildman–Crippen LogP) is 3.47. The molecule has 1 heterocycles. The van der Waals surface area contributed by atoms with Gasteiger partial charge in [-0.25, -0.2) is 9.37 Å². The van der Waals surface area contributed by atoms with Gasteiger partial charge < -0.3 is 20.3 Å². The van der Waals surface area contributed by atoms with Crippen LogP contribution in [0.1, 0.15) is 30.0 Å². The van der Waals surface area contributed by atoms with Gasteiger partial charge in [0.15, 0.2) is 0 Å². The van der Waals surface area contributed by atoms with Gasteiger partial charge in [0.2, 0.25) is 17.7 Å². The first-order valence-corrected chi connectivity index (χ1v) is 11.5. The maximum Gasteiger partial charge on any atom is 0.247 e. The van der Waals surface area contributed by atoms with Crippen molar-refractivity contribution in [1.29, 1.82) is 0 Å². The van der Waals surface area contributed by atoms with Gasteiger partial charge in [-0.2, -0.15) is 0 Å². The number of rotatable bonds is 12. The molecule has 2 N–H and O–H groups in total. The average molecular weight is 493 g/mol. The SMILES string of the molecule is COCCN(C(=O)CCC(=O)Nc1ccccn1)[C@@H](C(=O)NCc1ccccc1)c1ccc(F)cc1. The highest BCUT2D eigenvalue weighted by Crippen LogP contribution is 2.23. The molecule has 0 aliphatic rings. The standard InChI is InChI=1S/C27H29FN4O4/c1-36-18-17-32(25(34)15-14-24(33)31-23-9-5-6-16-29-23)26(21-10-12-22(28)13-11-21)27(35)30-19-20-7-3-2-4-8-20/h2-13,16,26H,14-15,17-19H2,1H3,(H,30,35)(H,29,31,33)/t26-/m1/s1. The Morgan fingerprint density at radius 2 is 1.69 bits per heavy atom. The van der Waals surface area contributed by atoms with Crippen molar-refractivity contribution in [2.24, 2.45) is 0 Å². The van der Waals surface area contributed by atoms with Crippen LogP contribution in [0.5, 0.6) is 0 Å². The van der Waals surface area contributed by atoms with Crippen LogP contribution in [0.15, 0.2) is 79.0 Å². The van der Waals surface area contributed by atoms with Crippen molar-refractivity contribution < 1.29 is 23.5 Å². The van der Waals surface area contributed by atoms with Gasteiger partial charge in [-0.3, -0.25) is 14.4 Å². The Morgan fingerprint density at radius 1 is 0.972 bits per heavy atom. The van der Waals surface area contributed by atoms with E-state index in [0.717, 1.165) is 5.56 Å². The van der Waals surface area contributed by atoms with E-state index in [1.807, 2.05) is 30.3 Å². The molecule has 0 saturated heterocycles. The van der Waals surface area contributed by atoms with Gasteiger partial charge in [0.05, 0.1) is 6.61 Å². The Labute approximate surface area is 209 Å². The Kier molecular flexibility index (Phi) is 10.1. The minimum atomic E-state index is -1.03. The van der Waals surface area contributed by atoms with E-state index in [2.05, 4.69) is 15.6 Å². The molecule has 2 aromatic carbocycles. The van der Waals surface area contributed by atoms with Crippen LogP contribution in [0, 0.1) is 5.82 Å². The predicted molar refractivity (Wildman–Crippen MR) is 133 cm³/mol. The Morgan fingerprint density at radius 3 is 2.36 bits per heavy atom. The largest absolute Gasteiger partial charge is 0.383 e. The lowest BCUT2D eigenvalue weighted by atomic mass is 10.0. The van der Waals surface area contributed by atoms with E-state index in [-0.39, 0.29) is 38.4 Å². The molecule has 0 aliphatic heterocycles. The number of carbonyl (C=O) groups is 3. The average Bonchev–Trinajstić information content (AvgIpc) is 2.90. The van der Waals surface area contributed by atoms with Gasteiger partial charge in [-0.05, 0) is 35.4 Å². The number of ether oxygens (including phenoxy) is 1. The van der Waals surface area contributed by atoms with Crippen LogP contribution < -0.4 is 10.6 Å². The first-order valence-electron chi connectivity index (χ1n) is 11.5. The lowest BCUT2D eigenvalue weighted by Crippen LogP contribution is -2.45. The number of carbonyl (C=O) groups excluding carboxylic acids is 3.